The topological polar surface area (TPSA) is 0 Å². The van der Waals surface area contributed by atoms with Crippen LogP contribution in [0.3, 0.4) is 0 Å². The molecule has 0 fully saturated rings. The fourth-order valence-electron chi connectivity index (χ4n) is 1.70. The van der Waals surface area contributed by atoms with Gasteiger partial charge in [-0.3, -0.25) is 0 Å². The smallest absolute Gasteiger partial charge is 0.130 e. The summed E-state index contributed by atoms with van der Waals surface area (Å²) >= 11 is 0. The van der Waals surface area contributed by atoms with Gasteiger partial charge in [0.25, 0.3) is 0 Å². The van der Waals surface area contributed by atoms with Crippen LogP contribution in [0.5, 0.6) is 0 Å². The Hall–Kier alpha value is -0.490. The molecule has 0 saturated carbocycles. The molecule has 0 saturated heterocycles. The second-order valence-electron chi connectivity index (χ2n) is 3.58. The van der Waals surface area contributed by atoms with Crippen molar-refractivity contribution in [2.45, 2.75) is 32.6 Å². The van der Waals surface area contributed by atoms with Crippen LogP contribution in [0.25, 0.3) is 0 Å². The Morgan fingerprint density at radius 2 is 2.00 bits per heavy atom. The highest BCUT2D eigenvalue weighted by atomic mass is 31.0. The van der Waals surface area contributed by atoms with E-state index in [0.29, 0.717) is 10.9 Å². The molecule has 0 N–H and O–H groups in total. The lowest BCUT2D eigenvalue weighted by Crippen LogP contribution is -2.10. The van der Waals surface area contributed by atoms with Gasteiger partial charge in [0, 0.05) is 6.07 Å². The average molecular weight is 216 g/mol. The normalized spacial score (nSPS) is 12.9. The molecule has 0 heterocycles. The number of hydrogen-bond acceptors (Lipinski definition) is 0. The quantitative estimate of drug-likeness (QED) is 0.679. The van der Waals surface area contributed by atoms with E-state index < -0.39 is 11.6 Å². The van der Waals surface area contributed by atoms with Gasteiger partial charge in [-0.2, -0.15) is 0 Å². The fourth-order valence-corrected chi connectivity index (χ4v) is 2.28. The van der Waals surface area contributed by atoms with Crippen molar-refractivity contribution in [3.05, 3.63) is 29.3 Å². The van der Waals surface area contributed by atoms with Crippen LogP contribution in [0.1, 0.15) is 38.2 Å². The Morgan fingerprint density at radius 1 is 1.36 bits per heavy atom. The van der Waals surface area contributed by atoms with Crippen LogP contribution in [-0.4, -0.2) is 0 Å². The minimum Gasteiger partial charge on any atom is -0.207 e. The van der Waals surface area contributed by atoms with E-state index in [0.717, 1.165) is 18.9 Å². The first-order valence-corrected chi connectivity index (χ1v) is 5.38. The lowest BCUT2D eigenvalue weighted by Gasteiger charge is -2.14. The Labute approximate surface area is 85.9 Å². The third-order valence-corrected chi connectivity index (χ3v) is 2.82. The van der Waals surface area contributed by atoms with Crippen molar-refractivity contribution in [1.29, 1.82) is 0 Å². The van der Waals surface area contributed by atoms with Gasteiger partial charge >= 0.3 is 0 Å². The minimum absolute atomic E-state index is 0.146. The van der Waals surface area contributed by atoms with Crippen LogP contribution < -0.4 is 5.30 Å². The zero-order valence-electron chi connectivity index (χ0n) is 8.48. The summed E-state index contributed by atoms with van der Waals surface area (Å²) in [7, 11) is 2.39. The van der Waals surface area contributed by atoms with Gasteiger partial charge < -0.3 is 0 Å². The number of benzene rings is 1. The van der Waals surface area contributed by atoms with Gasteiger partial charge in [0.05, 0.1) is 0 Å². The maximum atomic E-state index is 13.4. The second kappa shape index (κ2) is 4.84. The van der Waals surface area contributed by atoms with Crippen LogP contribution in [0.15, 0.2) is 12.1 Å². The molecule has 0 aliphatic rings. The van der Waals surface area contributed by atoms with E-state index in [4.69, 9.17) is 0 Å². The van der Waals surface area contributed by atoms with Crippen molar-refractivity contribution in [2.75, 3.05) is 0 Å². The van der Waals surface area contributed by atoms with Crippen LogP contribution in [0.4, 0.5) is 8.78 Å². The molecule has 1 aromatic carbocycles. The summed E-state index contributed by atoms with van der Waals surface area (Å²) in [5.74, 6) is -0.802. The van der Waals surface area contributed by atoms with Gasteiger partial charge in [0.15, 0.2) is 0 Å². The van der Waals surface area contributed by atoms with Gasteiger partial charge in [0.1, 0.15) is 11.6 Å². The monoisotopic (exact) mass is 216 g/mol. The predicted molar refractivity (Wildman–Crippen MR) is 59.0 cm³/mol. The zero-order chi connectivity index (χ0) is 10.7. The molecule has 3 heteroatoms. The maximum Gasteiger partial charge on any atom is 0.130 e. The number of rotatable bonds is 3. The van der Waals surface area contributed by atoms with E-state index in [1.807, 2.05) is 6.92 Å². The van der Waals surface area contributed by atoms with Crippen molar-refractivity contribution >= 4 is 14.5 Å². The molecule has 0 aliphatic heterocycles. The molecule has 1 aromatic rings. The van der Waals surface area contributed by atoms with Crippen molar-refractivity contribution in [3.63, 3.8) is 0 Å². The van der Waals surface area contributed by atoms with Gasteiger partial charge in [-0.15, -0.1) is 9.24 Å². The summed E-state index contributed by atoms with van der Waals surface area (Å²) in [6.45, 7) is 4.02. The lowest BCUT2D eigenvalue weighted by molar-refractivity contribution is 0.552. The third kappa shape index (κ3) is 2.51. The molecule has 14 heavy (non-hydrogen) atoms. The first-order valence-electron chi connectivity index (χ1n) is 4.80. The first kappa shape index (κ1) is 11.6. The number of hydrogen-bond donors (Lipinski definition) is 0. The molecule has 0 aromatic heterocycles. The maximum absolute atomic E-state index is 13.4. The van der Waals surface area contributed by atoms with Gasteiger partial charge in [-0.05, 0) is 29.3 Å². The summed E-state index contributed by atoms with van der Waals surface area (Å²) in [6.07, 6.45) is 1.92. The van der Waals surface area contributed by atoms with E-state index in [9.17, 15) is 8.78 Å². The molecule has 0 nitrogen and oxygen atoms in total. The number of halogens is 2. The van der Waals surface area contributed by atoms with Gasteiger partial charge in [-0.25, -0.2) is 8.78 Å². The molecule has 0 aliphatic carbocycles. The lowest BCUT2D eigenvalue weighted by atomic mass is 9.96. The fraction of sp³-hybridized carbons (Fsp3) is 0.455. The van der Waals surface area contributed by atoms with E-state index in [2.05, 4.69) is 16.2 Å². The highest BCUT2D eigenvalue weighted by molar-refractivity contribution is 7.27. The predicted octanol–water partition coefficient (Wildman–Crippen LogP) is 3.37. The van der Waals surface area contributed by atoms with Crippen LogP contribution >= 0.6 is 9.24 Å². The Bertz CT molecular complexity index is 300. The van der Waals surface area contributed by atoms with Crippen LogP contribution in [0.2, 0.25) is 0 Å². The highest BCUT2D eigenvalue weighted by Gasteiger charge is 2.14. The van der Waals surface area contributed by atoms with E-state index >= 15 is 0 Å². The molecule has 0 radical (unpaired) electrons. The SMILES string of the molecule is CCCC(C)c1c(F)cc(F)cc1P. The molecule has 0 spiro atoms. The first-order chi connectivity index (χ1) is 6.56. The molecular formula is C11H15F2P. The third-order valence-electron chi connectivity index (χ3n) is 2.34. The van der Waals surface area contributed by atoms with Crippen molar-refractivity contribution in [2.24, 2.45) is 0 Å². The van der Waals surface area contributed by atoms with E-state index in [-0.39, 0.29) is 5.92 Å². The highest BCUT2D eigenvalue weighted by Crippen LogP contribution is 2.23. The Kier molecular flexibility index (Phi) is 4.00. The van der Waals surface area contributed by atoms with Gasteiger partial charge in [-0.1, -0.05) is 20.3 Å². The summed E-state index contributed by atoms with van der Waals surface area (Å²) in [4.78, 5) is 0. The Morgan fingerprint density at radius 3 is 2.50 bits per heavy atom. The van der Waals surface area contributed by atoms with E-state index in [1.54, 1.807) is 0 Å². The van der Waals surface area contributed by atoms with Crippen molar-refractivity contribution < 1.29 is 8.78 Å². The standard InChI is InChI=1S/C11H15F2P/c1-3-4-7(2)11-9(13)5-8(12)6-10(11)14/h5-7H,3-4,14H2,1-2H3. The zero-order valence-corrected chi connectivity index (χ0v) is 9.63. The minimum atomic E-state index is -0.514. The van der Waals surface area contributed by atoms with Gasteiger partial charge in [0.2, 0.25) is 0 Å². The van der Waals surface area contributed by atoms with Crippen LogP contribution in [0, 0.1) is 11.6 Å². The van der Waals surface area contributed by atoms with Crippen LogP contribution in [-0.2, 0) is 0 Å². The van der Waals surface area contributed by atoms with Crippen molar-refractivity contribution in [3.8, 4) is 0 Å². The molecule has 1 rings (SSSR count). The molecule has 2 atom stereocenters. The second-order valence-corrected chi connectivity index (χ2v) is 4.20. The van der Waals surface area contributed by atoms with Crippen molar-refractivity contribution in [1.82, 2.24) is 0 Å². The summed E-state index contributed by atoms with van der Waals surface area (Å²) in [5.41, 5.74) is 0.623. The molecule has 0 bridgehead atoms. The summed E-state index contributed by atoms with van der Waals surface area (Å²) < 4.78 is 26.2. The largest absolute Gasteiger partial charge is 0.207 e. The molecule has 2 unspecified atom stereocenters. The molecule has 78 valence electrons. The Balaban J connectivity index is 3.07. The average Bonchev–Trinajstić information content (AvgIpc) is 2.01. The molecular weight excluding hydrogens is 201 g/mol. The summed E-state index contributed by atoms with van der Waals surface area (Å²) in [6, 6.07) is 2.31. The molecule has 0 amide bonds. The summed E-state index contributed by atoms with van der Waals surface area (Å²) in [5, 5.41) is 0.628. The van der Waals surface area contributed by atoms with E-state index in [1.165, 1.54) is 6.07 Å².